The van der Waals surface area contributed by atoms with Crippen molar-refractivity contribution >= 4 is 18.0 Å². The normalized spacial score (nSPS) is 21.3. The van der Waals surface area contributed by atoms with Crippen LogP contribution in [0.1, 0.15) is 32.6 Å². The number of nitrogens with one attached hydrogen (secondary N) is 2. The molecule has 5 amide bonds. The molecule has 2 aliphatic rings. The number of carbonyl (C=O) groups excluding carboxylic acids is 3. The summed E-state index contributed by atoms with van der Waals surface area (Å²) in [5, 5.41) is 5.62. The van der Waals surface area contributed by atoms with Crippen LogP contribution in [0.5, 0.6) is 0 Å². The second kappa shape index (κ2) is 5.68. The fourth-order valence-corrected chi connectivity index (χ4v) is 2.67. The molecule has 0 radical (unpaired) electrons. The summed E-state index contributed by atoms with van der Waals surface area (Å²) in [6.07, 6.45) is 2.95. The third kappa shape index (κ3) is 2.57. The van der Waals surface area contributed by atoms with Crippen molar-refractivity contribution < 1.29 is 14.4 Å². The van der Waals surface area contributed by atoms with Crippen LogP contribution in [0.25, 0.3) is 0 Å². The summed E-state index contributed by atoms with van der Waals surface area (Å²) in [5.41, 5.74) is -0.800. The van der Waals surface area contributed by atoms with Gasteiger partial charge in [-0.3, -0.25) is 9.69 Å². The summed E-state index contributed by atoms with van der Waals surface area (Å²) in [6.45, 7) is 3.71. The topological polar surface area (TPSA) is 81.8 Å². The summed E-state index contributed by atoms with van der Waals surface area (Å²) >= 11 is 0. The number of piperidine rings is 1. The Labute approximate surface area is 118 Å². The van der Waals surface area contributed by atoms with Crippen molar-refractivity contribution in [3.63, 3.8) is 0 Å². The Kier molecular flexibility index (Phi) is 4.15. The van der Waals surface area contributed by atoms with Crippen LogP contribution < -0.4 is 10.6 Å². The number of unbranched alkanes of at least 4 members (excludes halogenated alkanes) is 1. The lowest BCUT2D eigenvalue weighted by Crippen LogP contribution is -2.57. The number of likely N-dealkylation sites (N-methyl/N-ethyl adjacent to an activating group) is 1. The van der Waals surface area contributed by atoms with Gasteiger partial charge in [-0.2, -0.15) is 0 Å². The van der Waals surface area contributed by atoms with Crippen molar-refractivity contribution in [2.24, 2.45) is 0 Å². The maximum atomic E-state index is 12.1. The molecule has 2 saturated heterocycles. The number of imide groups is 1. The van der Waals surface area contributed by atoms with Crippen LogP contribution in [0.2, 0.25) is 0 Å². The maximum absolute atomic E-state index is 12.1. The van der Waals surface area contributed by atoms with Gasteiger partial charge in [0, 0.05) is 26.7 Å². The molecule has 2 rings (SSSR count). The second-order valence-corrected chi connectivity index (χ2v) is 5.45. The number of urea groups is 2. The van der Waals surface area contributed by atoms with Crippen LogP contribution in [0.15, 0.2) is 0 Å². The predicted octanol–water partition coefficient (Wildman–Crippen LogP) is 0.512. The molecule has 0 aromatic rings. The molecule has 7 heteroatoms. The minimum atomic E-state index is -0.800. The van der Waals surface area contributed by atoms with Crippen molar-refractivity contribution in [2.45, 2.75) is 38.1 Å². The van der Waals surface area contributed by atoms with E-state index in [9.17, 15) is 14.4 Å². The van der Waals surface area contributed by atoms with Gasteiger partial charge in [-0.25, -0.2) is 9.59 Å². The Morgan fingerprint density at radius 2 is 2.00 bits per heavy atom. The molecule has 20 heavy (non-hydrogen) atoms. The highest BCUT2D eigenvalue weighted by molar-refractivity contribution is 6.06. The lowest BCUT2D eigenvalue weighted by Gasteiger charge is -2.37. The average Bonchev–Trinajstić information content (AvgIpc) is 2.65. The molecule has 2 heterocycles. The van der Waals surface area contributed by atoms with E-state index in [0.29, 0.717) is 32.5 Å². The van der Waals surface area contributed by atoms with Crippen molar-refractivity contribution in [1.29, 1.82) is 0 Å². The van der Waals surface area contributed by atoms with Gasteiger partial charge in [-0.1, -0.05) is 13.3 Å². The van der Waals surface area contributed by atoms with Gasteiger partial charge < -0.3 is 15.5 Å². The number of carbonyl (C=O) groups is 3. The van der Waals surface area contributed by atoms with Gasteiger partial charge in [0.05, 0.1) is 0 Å². The fraction of sp³-hybridized carbons (Fsp3) is 0.769. The molecular formula is C13H22N4O3. The Hall–Kier alpha value is -1.79. The number of likely N-dealkylation sites (tertiary alicyclic amines) is 1. The van der Waals surface area contributed by atoms with Gasteiger partial charge in [0.2, 0.25) is 0 Å². The molecule has 2 aliphatic heterocycles. The van der Waals surface area contributed by atoms with Gasteiger partial charge in [0.15, 0.2) is 0 Å². The van der Waals surface area contributed by atoms with E-state index < -0.39 is 5.54 Å². The first-order valence-electron chi connectivity index (χ1n) is 7.13. The van der Waals surface area contributed by atoms with Crippen molar-refractivity contribution in [3.8, 4) is 0 Å². The SMILES string of the molecule is CCCCNC(=O)N1CCC2(CC1)NC(=O)N(C)C2=O. The molecule has 0 aliphatic carbocycles. The molecule has 0 aromatic heterocycles. The third-order valence-corrected chi connectivity index (χ3v) is 4.08. The molecule has 112 valence electrons. The van der Waals surface area contributed by atoms with E-state index in [4.69, 9.17) is 0 Å². The van der Waals surface area contributed by atoms with E-state index in [1.54, 1.807) is 4.90 Å². The molecule has 1 spiro atoms. The van der Waals surface area contributed by atoms with E-state index in [0.717, 1.165) is 17.7 Å². The van der Waals surface area contributed by atoms with Gasteiger partial charge in [0.25, 0.3) is 5.91 Å². The van der Waals surface area contributed by atoms with Gasteiger partial charge >= 0.3 is 12.1 Å². The summed E-state index contributed by atoms with van der Waals surface area (Å²) in [4.78, 5) is 38.4. The maximum Gasteiger partial charge on any atom is 0.324 e. The fourth-order valence-electron chi connectivity index (χ4n) is 2.67. The van der Waals surface area contributed by atoms with Gasteiger partial charge in [-0.05, 0) is 19.3 Å². The van der Waals surface area contributed by atoms with E-state index in [1.807, 2.05) is 0 Å². The van der Waals surface area contributed by atoms with E-state index in [2.05, 4.69) is 17.6 Å². The van der Waals surface area contributed by atoms with Crippen LogP contribution in [-0.2, 0) is 4.79 Å². The smallest absolute Gasteiger partial charge is 0.324 e. The van der Waals surface area contributed by atoms with Crippen molar-refractivity contribution in [2.75, 3.05) is 26.7 Å². The lowest BCUT2D eigenvalue weighted by atomic mass is 9.87. The van der Waals surface area contributed by atoms with Gasteiger partial charge in [-0.15, -0.1) is 0 Å². The monoisotopic (exact) mass is 282 g/mol. The molecule has 0 aromatic carbocycles. The van der Waals surface area contributed by atoms with Crippen molar-refractivity contribution in [3.05, 3.63) is 0 Å². The number of amides is 5. The Bertz CT molecular complexity index is 416. The number of hydrogen-bond acceptors (Lipinski definition) is 3. The summed E-state index contributed by atoms with van der Waals surface area (Å²) < 4.78 is 0. The Morgan fingerprint density at radius 3 is 2.50 bits per heavy atom. The van der Waals surface area contributed by atoms with Crippen LogP contribution in [-0.4, -0.2) is 60.0 Å². The molecule has 2 N–H and O–H groups in total. The molecule has 0 saturated carbocycles. The summed E-state index contributed by atoms with van der Waals surface area (Å²) in [5.74, 6) is -0.187. The first kappa shape index (κ1) is 14.6. The van der Waals surface area contributed by atoms with Crippen LogP contribution in [0.3, 0.4) is 0 Å². The molecule has 0 unspecified atom stereocenters. The predicted molar refractivity (Wildman–Crippen MR) is 73.1 cm³/mol. The van der Waals surface area contributed by atoms with Crippen LogP contribution >= 0.6 is 0 Å². The molecule has 0 bridgehead atoms. The number of nitrogens with zero attached hydrogens (tertiary/aromatic N) is 2. The molecular weight excluding hydrogens is 260 g/mol. The highest BCUT2D eigenvalue weighted by Crippen LogP contribution is 2.28. The largest absolute Gasteiger partial charge is 0.338 e. The van der Waals surface area contributed by atoms with E-state index >= 15 is 0 Å². The number of rotatable bonds is 3. The first-order valence-corrected chi connectivity index (χ1v) is 7.13. The van der Waals surface area contributed by atoms with E-state index in [-0.39, 0.29) is 18.0 Å². The van der Waals surface area contributed by atoms with E-state index in [1.165, 1.54) is 7.05 Å². The van der Waals surface area contributed by atoms with Crippen LogP contribution in [0, 0.1) is 0 Å². The number of hydrogen-bond donors (Lipinski definition) is 2. The van der Waals surface area contributed by atoms with Gasteiger partial charge in [0.1, 0.15) is 5.54 Å². The van der Waals surface area contributed by atoms with Crippen LogP contribution in [0.4, 0.5) is 9.59 Å². The van der Waals surface area contributed by atoms with Crippen molar-refractivity contribution in [1.82, 2.24) is 20.4 Å². The lowest BCUT2D eigenvalue weighted by molar-refractivity contribution is -0.131. The Balaban J connectivity index is 1.88. The standard InChI is InChI=1S/C13H22N4O3/c1-3-4-7-14-11(19)17-8-5-13(6-9-17)10(18)16(2)12(20)15-13/h3-9H2,1-2H3,(H,14,19)(H,15,20). The zero-order chi connectivity index (χ0) is 14.8. The molecule has 7 nitrogen and oxygen atoms in total. The highest BCUT2D eigenvalue weighted by Gasteiger charge is 2.51. The average molecular weight is 282 g/mol. The minimum absolute atomic E-state index is 0.0848. The quantitative estimate of drug-likeness (QED) is 0.584. The minimum Gasteiger partial charge on any atom is -0.338 e. The zero-order valence-corrected chi connectivity index (χ0v) is 12.1. The zero-order valence-electron chi connectivity index (χ0n) is 12.1. The molecule has 2 fully saturated rings. The summed E-state index contributed by atoms with van der Waals surface area (Å²) in [6, 6.07) is -0.436. The summed E-state index contributed by atoms with van der Waals surface area (Å²) in [7, 11) is 1.48. The highest BCUT2D eigenvalue weighted by atomic mass is 16.2. The molecule has 0 atom stereocenters. The first-order chi connectivity index (χ1) is 9.50. The Morgan fingerprint density at radius 1 is 1.35 bits per heavy atom. The third-order valence-electron chi connectivity index (χ3n) is 4.08. The second-order valence-electron chi connectivity index (χ2n) is 5.45.